The molecule has 0 fully saturated rings. The molecule has 1 aromatic heterocycles. The maximum Gasteiger partial charge on any atom is 0.243 e. The van der Waals surface area contributed by atoms with Crippen LogP contribution in [0.3, 0.4) is 0 Å². The smallest absolute Gasteiger partial charge is 0.243 e. The highest BCUT2D eigenvalue weighted by molar-refractivity contribution is 7.89. The van der Waals surface area contributed by atoms with E-state index < -0.39 is 10.0 Å². The van der Waals surface area contributed by atoms with Crippen LogP contribution in [0.4, 0.5) is 5.69 Å². The van der Waals surface area contributed by atoms with Gasteiger partial charge in [-0.3, -0.25) is 9.69 Å². The zero-order valence-corrected chi connectivity index (χ0v) is 18.1. The summed E-state index contributed by atoms with van der Waals surface area (Å²) in [6.45, 7) is 7.80. The Bertz CT molecular complexity index is 918. The first-order chi connectivity index (χ1) is 13.4. The third kappa shape index (κ3) is 4.30. The Kier molecular flexibility index (Phi) is 6.54. The molecular weight excluding hydrogens is 394 g/mol. The largest absolute Gasteiger partial charge is 0.325 e. The van der Waals surface area contributed by atoms with Crippen LogP contribution in [0.1, 0.15) is 37.3 Å². The number of carbonyl (C=O) groups excluding carboxylic acids is 1. The first kappa shape index (κ1) is 21.0. The van der Waals surface area contributed by atoms with Gasteiger partial charge in [0.15, 0.2) is 0 Å². The molecule has 1 aliphatic heterocycles. The van der Waals surface area contributed by atoms with Crippen LogP contribution >= 0.6 is 11.3 Å². The molecule has 1 atom stereocenters. The summed E-state index contributed by atoms with van der Waals surface area (Å²) in [6.07, 6.45) is 0.975. The minimum Gasteiger partial charge on any atom is -0.325 e. The van der Waals surface area contributed by atoms with E-state index in [1.165, 1.54) is 14.7 Å². The number of anilines is 1. The zero-order chi connectivity index (χ0) is 20.3. The van der Waals surface area contributed by atoms with E-state index in [0.717, 1.165) is 13.0 Å². The lowest BCUT2D eigenvalue weighted by Crippen LogP contribution is -2.39. The average molecular weight is 422 g/mol. The summed E-state index contributed by atoms with van der Waals surface area (Å²) in [5.74, 6) is -0.0927. The van der Waals surface area contributed by atoms with Crippen LogP contribution < -0.4 is 5.32 Å². The van der Waals surface area contributed by atoms with Crippen LogP contribution in [-0.4, -0.2) is 49.7 Å². The Morgan fingerprint density at radius 2 is 1.89 bits per heavy atom. The van der Waals surface area contributed by atoms with Crippen molar-refractivity contribution in [2.24, 2.45) is 0 Å². The molecule has 28 heavy (non-hydrogen) atoms. The van der Waals surface area contributed by atoms with E-state index in [-0.39, 0.29) is 16.8 Å². The van der Waals surface area contributed by atoms with E-state index in [2.05, 4.69) is 28.6 Å². The van der Waals surface area contributed by atoms with Crippen molar-refractivity contribution in [1.82, 2.24) is 9.21 Å². The Labute approximate surface area is 171 Å². The lowest BCUT2D eigenvalue weighted by molar-refractivity contribution is -0.117. The van der Waals surface area contributed by atoms with Crippen LogP contribution in [0.25, 0.3) is 0 Å². The first-order valence-electron chi connectivity index (χ1n) is 9.57. The van der Waals surface area contributed by atoms with Gasteiger partial charge in [0.1, 0.15) is 0 Å². The van der Waals surface area contributed by atoms with Crippen LogP contribution in [0, 0.1) is 0 Å². The second-order valence-corrected chi connectivity index (χ2v) is 9.80. The van der Waals surface area contributed by atoms with E-state index in [1.54, 1.807) is 35.6 Å². The number of amides is 1. The number of rotatable bonds is 7. The van der Waals surface area contributed by atoms with Crippen LogP contribution in [0.2, 0.25) is 0 Å². The van der Waals surface area contributed by atoms with E-state index in [1.807, 2.05) is 13.8 Å². The molecule has 1 N–H and O–H groups in total. The predicted octanol–water partition coefficient (Wildman–Crippen LogP) is 3.34. The van der Waals surface area contributed by atoms with E-state index in [0.29, 0.717) is 25.3 Å². The first-order valence-corrected chi connectivity index (χ1v) is 11.9. The molecule has 1 aliphatic rings. The molecular formula is C20H27N3O3S2. The summed E-state index contributed by atoms with van der Waals surface area (Å²) in [7, 11) is -3.49. The predicted molar refractivity (Wildman–Crippen MR) is 113 cm³/mol. The molecule has 2 heterocycles. The Hall–Kier alpha value is -1.74. The molecule has 0 aliphatic carbocycles. The highest BCUT2D eigenvalue weighted by Gasteiger charge is 2.26. The Balaban J connectivity index is 1.62. The summed E-state index contributed by atoms with van der Waals surface area (Å²) in [4.78, 5) is 16.3. The van der Waals surface area contributed by atoms with Gasteiger partial charge in [-0.15, -0.1) is 11.3 Å². The highest BCUT2D eigenvalue weighted by Crippen LogP contribution is 2.32. The SMILES string of the molecule is CCN(CC)S(=O)(=O)c1ccc(NC(=O)CN2CCc3sccc3[C@H]2C)cc1. The van der Waals surface area contributed by atoms with Crippen LogP contribution in [0.5, 0.6) is 0 Å². The lowest BCUT2D eigenvalue weighted by Gasteiger charge is -2.32. The number of carbonyl (C=O) groups is 1. The summed E-state index contributed by atoms with van der Waals surface area (Å²) in [6, 6.07) is 8.75. The fourth-order valence-electron chi connectivity index (χ4n) is 3.59. The summed E-state index contributed by atoms with van der Waals surface area (Å²) in [5.41, 5.74) is 1.92. The molecule has 1 aromatic carbocycles. The maximum absolute atomic E-state index is 12.5. The van der Waals surface area contributed by atoms with Crippen LogP contribution in [0.15, 0.2) is 40.6 Å². The zero-order valence-electron chi connectivity index (χ0n) is 16.5. The van der Waals surface area contributed by atoms with Crippen molar-refractivity contribution in [2.45, 2.75) is 38.1 Å². The maximum atomic E-state index is 12.5. The monoisotopic (exact) mass is 421 g/mol. The number of hydrogen-bond donors (Lipinski definition) is 1. The number of nitrogens with one attached hydrogen (secondary N) is 1. The third-order valence-electron chi connectivity index (χ3n) is 5.23. The molecule has 3 rings (SSSR count). The van der Waals surface area contributed by atoms with Gasteiger partial charge in [-0.25, -0.2) is 8.42 Å². The van der Waals surface area contributed by atoms with E-state index in [9.17, 15) is 13.2 Å². The van der Waals surface area contributed by atoms with Gasteiger partial charge in [0.2, 0.25) is 15.9 Å². The van der Waals surface area contributed by atoms with Gasteiger partial charge < -0.3 is 5.32 Å². The standard InChI is InChI=1S/C20H27N3O3S2/c1-4-23(5-2)28(25,26)17-8-6-16(7-9-17)21-20(24)14-22-12-10-19-18(15(22)3)11-13-27-19/h6-9,11,13,15H,4-5,10,12,14H2,1-3H3,(H,21,24)/t15-/m1/s1. The average Bonchev–Trinajstić information content (AvgIpc) is 3.15. The summed E-state index contributed by atoms with van der Waals surface area (Å²) < 4.78 is 26.5. The van der Waals surface area contributed by atoms with Crippen molar-refractivity contribution in [3.05, 3.63) is 46.2 Å². The molecule has 8 heteroatoms. The van der Waals surface area contributed by atoms with Gasteiger partial charge in [0.05, 0.1) is 11.4 Å². The summed E-state index contributed by atoms with van der Waals surface area (Å²) in [5, 5.41) is 4.99. The molecule has 0 bridgehead atoms. The second kappa shape index (κ2) is 8.73. The molecule has 152 valence electrons. The lowest BCUT2D eigenvalue weighted by atomic mass is 10.0. The van der Waals surface area contributed by atoms with Gasteiger partial charge >= 0.3 is 0 Å². The fourth-order valence-corrected chi connectivity index (χ4v) is 6.01. The van der Waals surface area contributed by atoms with Crippen molar-refractivity contribution < 1.29 is 13.2 Å². The van der Waals surface area contributed by atoms with Gasteiger partial charge in [-0.1, -0.05) is 13.8 Å². The van der Waals surface area contributed by atoms with Crippen molar-refractivity contribution in [3.8, 4) is 0 Å². The van der Waals surface area contributed by atoms with Crippen LogP contribution in [-0.2, 0) is 21.2 Å². The number of fused-ring (bicyclic) bond motifs is 1. The topological polar surface area (TPSA) is 69.7 Å². The van der Waals surface area contributed by atoms with Crippen molar-refractivity contribution >= 4 is 33.0 Å². The number of benzene rings is 1. The minimum atomic E-state index is -3.49. The van der Waals surface area contributed by atoms with Crippen molar-refractivity contribution in [2.75, 3.05) is 31.5 Å². The molecule has 0 saturated carbocycles. The summed E-state index contributed by atoms with van der Waals surface area (Å²) >= 11 is 1.78. The number of thiophene rings is 1. The Morgan fingerprint density at radius 3 is 2.54 bits per heavy atom. The number of sulfonamides is 1. The third-order valence-corrected chi connectivity index (χ3v) is 8.29. The Morgan fingerprint density at radius 1 is 1.21 bits per heavy atom. The molecule has 2 aromatic rings. The number of nitrogens with zero attached hydrogens (tertiary/aromatic N) is 2. The minimum absolute atomic E-state index is 0.0927. The molecule has 1 amide bonds. The van der Waals surface area contributed by atoms with E-state index >= 15 is 0 Å². The van der Waals surface area contributed by atoms with Gasteiger partial charge in [-0.05, 0) is 54.6 Å². The number of hydrogen-bond acceptors (Lipinski definition) is 5. The van der Waals surface area contributed by atoms with Gasteiger partial charge in [0, 0.05) is 36.2 Å². The quantitative estimate of drug-likeness (QED) is 0.744. The van der Waals surface area contributed by atoms with Crippen molar-refractivity contribution in [1.29, 1.82) is 0 Å². The highest BCUT2D eigenvalue weighted by atomic mass is 32.2. The molecule has 0 radical (unpaired) electrons. The molecule has 6 nitrogen and oxygen atoms in total. The second-order valence-electron chi connectivity index (χ2n) is 6.86. The molecule has 0 spiro atoms. The van der Waals surface area contributed by atoms with Gasteiger partial charge in [0.25, 0.3) is 0 Å². The molecule has 0 unspecified atom stereocenters. The van der Waals surface area contributed by atoms with Gasteiger partial charge in [-0.2, -0.15) is 4.31 Å². The molecule has 0 saturated heterocycles. The van der Waals surface area contributed by atoms with E-state index in [4.69, 9.17) is 0 Å². The fraction of sp³-hybridized carbons (Fsp3) is 0.450. The van der Waals surface area contributed by atoms with Crippen molar-refractivity contribution in [3.63, 3.8) is 0 Å². The normalized spacial score (nSPS) is 17.5.